The molecule has 0 saturated carbocycles. The first-order valence-electron chi connectivity index (χ1n) is 9.25. The van der Waals surface area contributed by atoms with Crippen molar-refractivity contribution in [2.45, 2.75) is 44.1 Å². The number of carboxylic acids is 1. The van der Waals surface area contributed by atoms with Gasteiger partial charge in [0.2, 0.25) is 0 Å². The summed E-state index contributed by atoms with van der Waals surface area (Å²) in [5, 5.41) is 23.0. The van der Waals surface area contributed by atoms with E-state index in [-0.39, 0.29) is 11.8 Å². The smallest absolute Gasteiger partial charge is 0.306 e. The number of fused-ring (bicyclic) bond motifs is 1. The standard InChI is InChI=1S/C24H26O3/c1-23(2,21-10-4-3-5-11-21)17-24(27,16-22(25)26)15-18-12-13-19-8-6-7-9-20(19)14-18/h3-14,27H,15-17H2,1-2H3,(H,25,26). The molecular weight excluding hydrogens is 336 g/mol. The highest BCUT2D eigenvalue weighted by Gasteiger charge is 2.37. The average molecular weight is 362 g/mol. The number of benzene rings is 3. The molecule has 0 spiro atoms. The molecule has 0 aliphatic carbocycles. The molecule has 1 atom stereocenters. The van der Waals surface area contributed by atoms with Crippen LogP contribution in [0.5, 0.6) is 0 Å². The second-order valence-electron chi connectivity index (χ2n) is 8.08. The highest BCUT2D eigenvalue weighted by Crippen LogP contribution is 2.36. The molecule has 1 unspecified atom stereocenters. The van der Waals surface area contributed by atoms with Crippen LogP contribution in [0.1, 0.15) is 37.8 Å². The Balaban J connectivity index is 1.90. The van der Waals surface area contributed by atoms with E-state index >= 15 is 0 Å². The summed E-state index contributed by atoms with van der Waals surface area (Å²) in [6, 6.07) is 24.0. The fourth-order valence-electron chi connectivity index (χ4n) is 4.01. The van der Waals surface area contributed by atoms with Crippen LogP contribution in [0, 0.1) is 0 Å². The molecule has 0 radical (unpaired) electrons. The van der Waals surface area contributed by atoms with E-state index < -0.39 is 11.6 Å². The number of hydrogen-bond acceptors (Lipinski definition) is 2. The molecule has 2 N–H and O–H groups in total. The number of carbonyl (C=O) groups is 1. The third-order valence-corrected chi connectivity index (χ3v) is 5.15. The van der Waals surface area contributed by atoms with Crippen LogP contribution in [-0.4, -0.2) is 21.8 Å². The van der Waals surface area contributed by atoms with Gasteiger partial charge in [0, 0.05) is 6.42 Å². The lowest BCUT2D eigenvalue weighted by atomic mass is 9.72. The fraction of sp³-hybridized carbons (Fsp3) is 0.292. The van der Waals surface area contributed by atoms with E-state index in [9.17, 15) is 15.0 Å². The Bertz CT molecular complexity index is 931. The molecule has 27 heavy (non-hydrogen) atoms. The van der Waals surface area contributed by atoms with Crippen molar-refractivity contribution in [1.29, 1.82) is 0 Å². The van der Waals surface area contributed by atoms with Gasteiger partial charge in [-0.25, -0.2) is 0 Å². The number of carboxylic acid groups (broad SMARTS) is 1. The number of rotatable bonds is 7. The molecule has 0 fully saturated rings. The molecule has 0 aliphatic rings. The topological polar surface area (TPSA) is 57.5 Å². The molecule has 140 valence electrons. The molecule has 0 bridgehead atoms. The van der Waals surface area contributed by atoms with Crippen molar-refractivity contribution in [3.63, 3.8) is 0 Å². The zero-order valence-corrected chi connectivity index (χ0v) is 15.9. The van der Waals surface area contributed by atoms with Crippen molar-refractivity contribution in [3.8, 4) is 0 Å². The predicted molar refractivity (Wildman–Crippen MR) is 109 cm³/mol. The summed E-state index contributed by atoms with van der Waals surface area (Å²) in [6.07, 6.45) is 0.389. The molecule has 0 aromatic heterocycles. The number of aliphatic carboxylic acids is 1. The summed E-state index contributed by atoms with van der Waals surface area (Å²) in [5.74, 6) is -0.984. The molecule has 0 amide bonds. The first-order valence-corrected chi connectivity index (χ1v) is 9.25. The van der Waals surface area contributed by atoms with Crippen LogP contribution >= 0.6 is 0 Å². The minimum atomic E-state index is -1.33. The maximum absolute atomic E-state index is 11.5. The molecular formula is C24H26O3. The summed E-state index contributed by atoms with van der Waals surface area (Å²) < 4.78 is 0. The van der Waals surface area contributed by atoms with Crippen molar-refractivity contribution in [3.05, 3.63) is 83.9 Å². The van der Waals surface area contributed by atoms with Gasteiger partial charge < -0.3 is 10.2 Å². The zero-order chi connectivity index (χ0) is 19.5. The van der Waals surface area contributed by atoms with Crippen molar-refractivity contribution >= 4 is 16.7 Å². The predicted octanol–water partition coefficient (Wildman–Crippen LogP) is 4.96. The van der Waals surface area contributed by atoms with E-state index in [0.717, 1.165) is 21.9 Å². The van der Waals surface area contributed by atoms with Crippen LogP contribution in [0.2, 0.25) is 0 Å². The van der Waals surface area contributed by atoms with Gasteiger partial charge in [0.1, 0.15) is 0 Å². The quantitative estimate of drug-likeness (QED) is 0.625. The van der Waals surface area contributed by atoms with Gasteiger partial charge in [0.25, 0.3) is 0 Å². The van der Waals surface area contributed by atoms with Gasteiger partial charge in [0.15, 0.2) is 0 Å². The minimum absolute atomic E-state index is 0.282. The van der Waals surface area contributed by atoms with Gasteiger partial charge in [0.05, 0.1) is 12.0 Å². The van der Waals surface area contributed by atoms with Crippen LogP contribution < -0.4 is 0 Å². The summed E-state index contributed by atoms with van der Waals surface area (Å²) in [6.45, 7) is 4.10. The van der Waals surface area contributed by atoms with Crippen LogP contribution in [0.3, 0.4) is 0 Å². The Morgan fingerprint density at radius 1 is 0.889 bits per heavy atom. The molecule has 3 rings (SSSR count). The maximum Gasteiger partial charge on any atom is 0.306 e. The third-order valence-electron chi connectivity index (χ3n) is 5.15. The van der Waals surface area contributed by atoms with E-state index in [1.165, 1.54) is 0 Å². The SMILES string of the molecule is CC(C)(CC(O)(CC(=O)O)Cc1ccc2ccccc2c1)c1ccccc1. The van der Waals surface area contributed by atoms with Crippen molar-refractivity contribution in [2.24, 2.45) is 0 Å². The fourth-order valence-corrected chi connectivity index (χ4v) is 4.01. The Morgan fingerprint density at radius 2 is 1.52 bits per heavy atom. The largest absolute Gasteiger partial charge is 0.481 e. The van der Waals surface area contributed by atoms with Gasteiger partial charge in [-0.3, -0.25) is 4.79 Å². The second-order valence-corrected chi connectivity index (χ2v) is 8.08. The van der Waals surface area contributed by atoms with Gasteiger partial charge in [-0.2, -0.15) is 0 Å². The molecule has 3 aromatic carbocycles. The zero-order valence-electron chi connectivity index (χ0n) is 15.9. The van der Waals surface area contributed by atoms with Crippen LogP contribution in [0.25, 0.3) is 10.8 Å². The van der Waals surface area contributed by atoms with Crippen molar-refractivity contribution in [2.75, 3.05) is 0 Å². The van der Waals surface area contributed by atoms with Crippen LogP contribution in [-0.2, 0) is 16.6 Å². The first-order chi connectivity index (χ1) is 12.8. The van der Waals surface area contributed by atoms with E-state index in [1.807, 2.05) is 72.8 Å². The molecule has 0 heterocycles. The van der Waals surface area contributed by atoms with E-state index in [1.54, 1.807) is 0 Å². The van der Waals surface area contributed by atoms with Crippen molar-refractivity contribution in [1.82, 2.24) is 0 Å². The van der Waals surface area contributed by atoms with E-state index in [4.69, 9.17) is 0 Å². The summed E-state index contributed by atoms with van der Waals surface area (Å²) in [7, 11) is 0. The van der Waals surface area contributed by atoms with Crippen LogP contribution in [0.4, 0.5) is 0 Å². The summed E-state index contributed by atoms with van der Waals surface area (Å²) in [5.41, 5.74) is 0.365. The second kappa shape index (κ2) is 7.53. The molecule has 3 nitrogen and oxygen atoms in total. The lowest BCUT2D eigenvalue weighted by molar-refractivity contribution is -0.143. The summed E-state index contributed by atoms with van der Waals surface area (Å²) >= 11 is 0. The number of hydrogen-bond donors (Lipinski definition) is 2. The monoisotopic (exact) mass is 362 g/mol. The average Bonchev–Trinajstić information content (AvgIpc) is 2.61. The van der Waals surface area contributed by atoms with E-state index in [0.29, 0.717) is 12.8 Å². The normalized spacial score (nSPS) is 14.0. The van der Waals surface area contributed by atoms with Gasteiger partial charge >= 0.3 is 5.97 Å². The molecule has 3 aromatic rings. The minimum Gasteiger partial charge on any atom is -0.481 e. The maximum atomic E-state index is 11.5. The molecule has 0 aliphatic heterocycles. The Morgan fingerprint density at radius 3 is 2.19 bits per heavy atom. The van der Waals surface area contributed by atoms with E-state index in [2.05, 4.69) is 13.8 Å². The Kier molecular flexibility index (Phi) is 5.33. The van der Waals surface area contributed by atoms with Gasteiger partial charge in [-0.05, 0) is 33.7 Å². The molecule has 3 heteroatoms. The first kappa shape index (κ1) is 19.1. The highest BCUT2D eigenvalue weighted by molar-refractivity contribution is 5.83. The Labute approximate surface area is 160 Å². The third kappa shape index (κ3) is 4.75. The highest BCUT2D eigenvalue weighted by atomic mass is 16.4. The lowest BCUT2D eigenvalue weighted by Crippen LogP contribution is -2.40. The Hall–Kier alpha value is -2.65. The van der Waals surface area contributed by atoms with Gasteiger partial charge in [-0.1, -0.05) is 86.6 Å². The van der Waals surface area contributed by atoms with Crippen molar-refractivity contribution < 1.29 is 15.0 Å². The molecule has 0 saturated heterocycles. The number of aliphatic hydroxyl groups is 1. The summed E-state index contributed by atoms with van der Waals surface area (Å²) in [4.78, 5) is 11.5. The van der Waals surface area contributed by atoms with Crippen LogP contribution in [0.15, 0.2) is 72.8 Å². The lowest BCUT2D eigenvalue weighted by Gasteiger charge is -2.36. The van der Waals surface area contributed by atoms with Gasteiger partial charge in [-0.15, -0.1) is 0 Å².